The second-order valence-electron chi connectivity index (χ2n) is 4.66. The van der Waals surface area contributed by atoms with Gasteiger partial charge in [0.05, 0.1) is 18.4 Å². The van der Waals surface area contributed by atoms with Crippen LogP contribution in [0, 0.1) is 5.92 Å². The Bertz CT molecular complexity index is 330. The maximum absolute atomic E-state index is 13.2. The fourth-order valence-electron chi connectivity index (χ4n) is 1.54. The summed E-state index contributed by atoms with van der Waals surface area (Å²) in [6.07, 6.45) is 2.41. The van der Waals surface area contributed by atoms with Gasteiger partial charge < -0.3 is 0 Å². The van der Waals surface area contributed by atoms with Crippen molar-refractivity contribution < 1.29 is 4.39 Å². The molecular weight excluding hydrogens is 181 g/mol. The first kappa shape index (κ1) is 9.62. The van der Waals surface area contributed by atoms with Crippen LogP contribution in [0.4, 0.5) is 4.39 Å². The van der Waals surface area contributed by atoms with Crippen molar-refractivity contribution in [2.75, 3.05) is 0 Å². The first-order valence-corrected chi connectivity index (χ1v) is 5.08. The molecule has 0 N–H and O–H groups in total. The normalized spacial score (nSPS) is 31.1. The maximum atomic E-state index is 13.2. The zero-order chi connectivity index (χ0) is 10.3. The van der Waals surface area contributed by atoms with Crippen LogP contribution in [0.1, 0.15) is 38.8 Å². The van der Waals surface area contributed by atoms with Gasteiger partial charge in [0.25, 0.3) is 0 Å². The number of nitrogens with zero attached hydrogens (tertiary/aromatic N) is 3. The molecule has 3 nitrogen and oxygen atoms in total. The molecule has 2 atom stereocenters. The van der Waals surface area contributed by atoms with Crippen molar-refractivity contribution in [2.45, 2.75) is 45.3 Å². The number of hydrogen-bond acceptors (Lipinski definition) is 2. The zero-order valence-corrected chi connectivity index (χ0v) is 8.87. The van der Waals surface area contributed by atoms with E-state index in [1.807, 2.05) is 0 Å². The summed E-state index contributed by atoms with van der Waals surface area (Å²) < 4.78 is 13.2. The van der Waals surface area contributed by atoms with Gasteiger partial charge in [-0.15, -0.1) is 0 Å². The molecule has 1 aromatic heterocycles. The molecule has 2 rings (SSSR count). The molecule has 1 fully saturated rings. The molecule has 0 bridgehead atoms. The monoisotopic (exact) mass is 197 g/mol. The molecule has 14 heavy (non-hydrogen) atoms. The van der Waals surface area contributed by atoms with Gasteiger partial charge in [0.15, 0.2) is 0 Å². The van der Waals surface area contributed by atoms with Crippen molar-refractivity contribution in [3.05, 3.63) is 11.9 Å². The van der Waals surface area contributed by atoms with Crippen LogP contribution >= 0.6 is 0 Å². The van der Waals surface area contributed by atoms with E-state index < -0.39 is 5.67 Å². The predicted octanol–water partition coefficient (Wildman–Crippen LogP) is 2.15. The molecular formula is C10H16FN3. The van der Waals surface area contributed by atoms with Crippen LogP contribution in [0.25, 0.3) is 0 Å². The van der Waals surface area contributed by atoms with E-state index in [0.717, 1.165) is 5.69 Å². The molecule has 0 amide bonds. The average Bonchev–Trinajstić information content (AvgIpc) is 2.51. The van der Waals surface area contributed by atoms with Crippen molar-refractivity contribution in [1.82, 2.24) is 15.0 Å². The molecule has 2 unspecified atom stereocenters. The summed E-state index contributed by atoms with van der Waals surface area (Å²) in [4.78, 5) is 1.62. The van der Waals surface area contributed by atoms with Crippen molar-refractivity contribution in [2.24, 2.45) is 5.92 Å². The van der Waals surface area contributed by atoms with Gasteiger partial charge in [-0.05, 0) is 19.3 Å². The van der Waals surface area contributed by atoms with Gasteiger partial charge in [-0.2, -0.15) is 15.0 Å². The Kier molecular flexibility index (Phi) is 2.09. The van der Waals surface area contributed by atoms with Gasteiger partial charge in [-0.1, -0.05) is 13.8 Å². The predicted molar refractivity (Wildman–Crippen MR) is 51.7 cm³/mol. The van der Waals surface area contributed by atoms with E-state index in [2.05, 4.69) is 24.0 Å². The van der Waals surface area contributed by atoms with E-state index >= 15 is 0 Å². The van der Waals surface area contributed by atoms with Gasteiger partial charge in [0.1, 0.15) is 5.67 Å². The maximum Gasteiger partial charge on any atom is 0.113 e. The lowest BCUT2D eigenvalue weighted by Gasteiger charge is -2.00. The summed E-state index contributed by atoms with van der Waals surface area (Å²) in [7, 11) is 0. The molecule has 0 saturated heterocycles. The molecule has 1 heterocycles. The third-order valence-corrected chi connectivity index (χ3v) is 2.87. The molecule has 1 aliphatic carbocycles. The van der Waals surface area contributed by atoms with Crippen LogP contribution < -0.4 is 0 Å². The van der Waals surface area contributed by atoms with Crippen LogP contribution in [-0.4, -0.2) is 20.7 Å². The Labute approximate surface area is 83.3 Å². The van der Waals surface area contributed by atoms with E-state index in [9.17, 15) is 4.39 Å². The van der Waals surface area contributed by atoms with Crippen LogP contribution in [0.5, 0.6) is 0 Å². The van der Waals surface area contributed by atoms with E-state index in [4.69, 9.17) is 0 Å². The summed E-state index contributed by atoms with van der Waals surface area (Å²) in [6, 6.07) is 0. The van der Waals surface area contributed by atoms with Crippen LogP contribution in [-0.2, 0) is 6.54 Å². The summed E-state index contributed by atoms with van der Waals surface area (Å²) in [5.74, 6) is 0.495. The summed E-state index contributed by atoms with van der Waals surface area (Å²) in [5, 5.41) is 8.42. The van der Waals surface area contributed by atoms with Crippen LogP contribution in [0.3, 0.4) is 0 Å². The average molecular weight is 197 g/mol. The number of hydrogen-bond donors (Lipinski definition) is 0. The highest BCUT2D eigenvalue weighted by atomic mass is 19.1. The molecule has 1 aromatic rings. The van der Waals surface area contributed by atoms with E-state index in [1.54, 1.807) is 17.9 Å². The van der Waals surface area contributed by atoms with Crippen LogP contribution in [0.15, 0.2) is 6.20 Å². The molecule has 0 aromatic carbocycles. The molecule has 0 aliphatic heterocycles. The number of halogens is 1. The highest BCUT2D eigenvalue weighted by molar-refractivity contribution is 5.01. The minimum Gasteiger partial charge on any atom is -0.244 e. The van der Waals surface area contributed by atoms with Gasteiger partial charge in [-0.25, -0.2) is 4.39 Å². The van der Waals surface area contributed by atoms with Crippen molar-refractivity contribution in [1.29, 1.82) is 0 Å². The van der Waals surface area contributed by atoms with Gasteiger partial charge in [0.2, 0.25) is 0 Å². The Morgan fingerprint density at radius 2 is 2.36 bits per heavy atom. The largest absolute Gasteiger partial charge is 0.244 e. The number of alkyl halides is 1. The molecule has 78 valence electrons. The first-order valence-electron chi connectivity index (χ1n) is 5.08. The fourth-order valence-corrected chi connectivity index (χ4v) is 1.54. The second-order valence-corrected chi connectivity index (χ2v) is 4.66. The zero-order valence-electron chi connectivity index (χ0n) is 8.87. The van der Waals surface area contributed by atoms with Crippen molar-refractivity contribution in [3.63, 3.8) is 0 Å². The highest BCUT2D eigenvalue weighted by Gasteiger charge is 2.51. The quantitative estimate of drug-likeness (QED) is 0.743. The number of aromatic nitrogens is 3. The smallest absolute Gasteiger partial charge is 0.113 e. The number of rotatable bonds is 3. The minimum absolute atomic E-state index is 0.106. The van der Waals surface area contributed by atoms with Crippen LogP contribution in [0.2, 0.25) is 0 Å². The minimum atomic E-state index is -0.981. The second kappa shape index (κ2) is 3.04. The summed E-state index contributed by atoms with van der Waals surface area (Å²) >= 11 is 0. The molecule has 1 saturated carbocycles. The fraction of sp³-hybridized carbons (Fsp3) is 0.800. The molecule has 0 spiro atoms. The molecule has 1 aliphatic rings. The lowest BCUT2D eigenvalue weighted by Crippen LogP contribution is -2.09. The third-order valence-electron chi connectivity index (χ3n) is 2.87. The standard InChI is InChI=1S/C10H16FN3/c1-7(2)9-5-12-14(13-9)6-8-4-10(8,3)11/h5,7-8H,4,6H2,1-3H3. The Hall–Kier alpha value is -0.930. The Morgan fingerprint density at radius 1 is 1.71 bits per heavy atom. The van der Waals surface area contributed by atoms with E-state index in [1.165, 1.54) is 0 Å². The van der Waals surface area contributed by atoms with Gasteiger partial charge in [0, 0.05) is 5.92 Å². The van der Waals surface area contributed by atoms with Crippen molar-refractivity contribution >= 4 is 0 Å². The Morgan fingerprint density at radius 3 is 2.79 bits per heavy atom. The topological polar surface area (TPSA) is 30.7 Å². The van der Waals surface area contributed by atoms with Gasteiger partial charge >= 0.3 is 0 Å². The summed E-state index contributed by atoms with van der Waals surface area (Å²) in [6.45, 7) is 6.40. The molecule has 4 heteroatoms. The lowest BCUT2D eigenvalue weighted by atomic mass is 10.2. The Balaban J connectivity index is 1.98. The molecule has 0 radical (unpaired) electrons. The lowest BCUT2D eigenvalue weighted by molar-refractivity contribution is 0.289. The van der Waals surface area contributed by atoms with E-state index in [0.29, 0.717) is 18.9 Å². The first-order chi connectivity index (χ1) is 6.49. The van der Waals surface area contributed by atoms with Gasteiger partial charge in [-0.3, -0.25) is 0 Å². The third kappa shape index (κ3) is 1.79. The highest BCUT2D eigenvalue weighted by Crippen LogP contribution is 2.47. The SMILES string of the molecule is CC(C)c1cnn(CC2CC2(C)F)n1. The van der Waals surface area contributed by atoms with Crippen molar-refractivity contribution in [3.8, 4) is 0 Å². The summed E-state index contributed by atoms with van der Waals surface area (Å²) in [5.41, 5.74) is -0.00256. The van der Waals surface area contributed by atoms with E-state index in [-0.39, 0.29) is 5.92 Å².